The van der Waals surface area contributed by atoms with Crippen LogP contribution in [0.4, 0.5) is 0 Å². The van der Waals surface area contributed by atoms with Gasteiger partial charge in [-0.15, -0.1) is 0 Å². The van der Waals surface area contributed by atoms with Gasteiger partial charge in [-0.1, -0.05) is 0 Å². The van der Waals surface area contributed by atoms with Gasteiger partial charge in [-0.3, -0.25) is 0 Å². The second-order valence-electron chi connectivity index (χ2n) is 6.76. The van der Waals surface area contributed by atoms with Crippen LogP contribution in [0.3, 0.4) is 0 Å². The molecule has 27 heavy (non-hydrogen) atoms. The number of rotatable bonds is 2. The van der Waals surface area contributed by atoms with E-state index in [4.69, 9.17) is 19.2 Å². The summed E-state index contributed by atoms with van der Waals surface area (Å²) >= 11 is 0. The van der Waals surface area contributed by atoms with Gasteiger partial charge in [0.2, 0.25) is 6.79 Å². The molecule has 0 saturated carbocycles. The summed E-state index contributed by atoms with van der Waals surface area (Å²) in [4.78, 5) is 11.5. The minimum absolute atomic E-state index is 0.263. The summed E-state index contributed by atoms with van der Waals surface area (Å²) in [5, 5.41) is 3.70. The minimum atomic E-state index is 0.263. The standard InChI is InChI=1S/C21H19N3O3/c1-11-4-12(2)22-14(11)7-18-19(25-3)9-17(24-18)16-5-13-6-20-21(27-10-26-20)8-15(13)23-16/h4-9,22,24H,10H2,1-3H3/b17-16+,18-7-. The summed E-state index contributed by atoms with van der Waals surface area (Å²) in [7, 11) is 1.67. The van der Waals surface area contributed by atoms with Crippen molar-refractivity contribution in [3.63, 3.8) is 0 Å². The molecule has 2 aliphatic rings. The average molecular weight is 361 g/mol. The Hall–Kier alpha value is -3.41. The van der Waals surface area contributed by atoms with Crippen molar-refractivity contribution in [1.82, 2.24) is 9.97 Å². The van der Waals surface area contributed by atoms with Crippen LogP contribution in [0.1, 0.15) is 17.0 Å². The van der Waals surface area contributed by atoms with Gasteiger partial charge < -0.3 is 24.2 Å². The van der Waals surface area contributed by atoms with Crippen molar-refractivity contribution in [2.24, 2.45) is 4.99 Å². The lowest BCUT2D eigenvalue weighted by molar-refractivity contribution is 0.174. The molecule has 0 aliphatic carbocycles. The molecule has 6 nitrogen and oxygen atoms in total. The lowest BCUT2D eigenvalue weighted by Gasteiger charge is -1.94. The molecule has 0 saturated heterocycles. The normalized spacial score (nSPS) is 16.9. The summed E-state index contributed by atoms with van der Waals surface area (Å²) in [5.74, 6) is 2.28. The Labute approximate surface area is 155 Å². The fourth-order valence-electron chi connectivity index (χ4n) is 3.52. The highest BCUT2D eigenvalue weighted by molar-refractivity contribution is 5.77. The summed E-state index contributed by atoms with van der Waals surface area (Å²) in [6.45, 7) is 4.39. The maximum absolute atomic E-state index is 5.56. The number of ether oxygens (including phenoxy) is 3. The van der Waals surface area contributed by atoms with Crippen molar-refractivity contribution in [3.8, 4) is 17.2 Å². The fourth-order valence-corrected chi connectivity index (χ4v) is 3.52. The average Bonchev–Trinajstić information content (AvgIpc) is 3.39. The first-order valence-electron chi connectivity index (χ1n) is 8.76. The van der Waals surface area contributed by atoms with E-state index in [1.807, 2.05) is 31.2 Å². The molecule has 3 aromatic rings. The van der Waals surface area contributed by atoms with Crippen molar-refractivity contribution in [1.29, 1.82) is 0 Å². The Bertz CT molecular complexity index is 1270. The van der Waals surface area contributed by atoms with Gasteiger partial charge in [0, 0.05) is 28.7 Å². The number of methoxy groups -OCH3 is 1. The molecule has 2 aromatic heterocycles. The molecule has 0 spiro atoms. The lowest BCUT2D eigenvalue weighted by Crippen LogP contribution is -2.20. The van der Waals surface area contributed by atoms with Gasteiger partial charge in [0.1, 0.15) is 5.75 Å². The van der Waals surface area contributed by atoms with Crippen molar-refractivity contribution in [2.45, 2.75) is 13.8 Å². The molecule has 136 valence electrons. The number of hydrogen-bond donors (Lipinski definition) is 2. The van der Waals surface area contributed by atoms with Crippen molar-refractivity contribution in [2.75, 3.05) is 13.9 Å². The van der Waals surface area contributed by atoms with Gasteiger partial charge in [0.25, 0.3) is 0 Å². The predicted molar refractivity (Wildman–Crippen MR) is 102 cm³/mol. The number of hydrogen-bond acceptors (Lipinski definition) is 4. The number of aryl methyl sites for hydroxylation is 2. The molecule has 2 aliphatic heterocycles. The van der Waals surface area contributed by atoms with Gasteiger partial charge in [0.15, 0.2) is 11.5 Å². The number of nitrogens with one attached hydrogen (secondary N) is 2. The van der Waals surface area contributed by atoms with Crippen LogP contribution in [-0.4, -0.2) is 23.9 Å². The summed E-state index contributed by atoms with van der Waals surface area (Å²) < 4.78 is 16.5. The third-order valence-corrected chi connectivity index (χ3v) is 4.84. The zero-order valence-corrected chi connectivity index (χ0v) is 15.3. The summed E-state index contributed by atoms with van der Waals surface area (Å²) in [6.07, 6.45) is 4.10. The van der Waals surface area contributed by atoms with Crippen molar-refractivity contribution < 1.29 is 14.2 Å². The van der Waals surface area contributed by atoms with E-state index in [9.17, 15) is 0 Å². The SMILES string of the molecule is COc1c/c(=C2/C=c3cc4c(cc3=N2)OCO4)[nH]/c1=C\c1[nH]c(C)cc1C. The van der Waals surface area contributed by atoms with Crippen LogP contribution in [0.15, 0.2) is 29.3 Å². The molecule has 1 aromatic carbocycles. The van der Waals surface area contributed by atoms with Crippen molar-refractivity contribution in [3.05, 3.63) is 62.5 Å². The highest BCUT2D eigenvalue weighted by Gasteiger charge is 2.15. The van der Waals surface area contributed by atoms with Crippen LogP contribution in [0, 0.1) is 13.8 Å². The first-order valence-corrected chi connectivity index (χ1v) is 8.76. The van der Waals surface area contributed by atoms with Gasteiger partial charge in [-0.2, -0.15) is 0 Å². The van der Waals surface area contributed by atoms with E-state index in [1.165, 1.54) is 5.56 Å². The molecule has 0 amide bonds. The molecular weight excluding hydrogens is 342 g/mol. The third kappa shape index (κ3) is 2.61. The smallest absolute Gasteiger partial charge is 0.231 e. The van der Waals surface area contributed by atoms with Gasteiger partial charge >= 0.3 is 0 Å². The largest absolute Gasteiger partial charge is 0.494 e. The van der Waals surface area contributed by atoms with E-state index >= 15 is 0 Å². The number of benzene rings is 1. The van der Waals surface area contributed by atoms with Crippen LogP contribution in [-0.2, 0) is 0 Å². The molecule has 6 heteroatoms. The van der Waals surface area contributed by atoms with Crippen LogP contribution in [0.25, 0.3) is 17.8 Å². The Kier molecular flexibility index (Phi) is 3.40. The molecular formula is C21H19N3O3. The zero-order valence-electron chi connectivity index (χ0n) is 15.3. The molecule has 4 heterocycles. The maximum atomic E-state index is 5.56. The third-order valence-electron chi connectivity index (χ3n) is 4.84. The molecule has 0 atom stereocenters. The highest BCUT2D eigenvalue weighted by Crippen LogP contribution is 2.28. The van der Waals surface area contributed by atoms with E-state index in [0.29, 0.717) is 0 Å². The van der Waals surface area contributed by atoms with Gasteiger partial charge in [0.05, 0.1) is 28.9 Å². The van der Waals surface area contributed by atoms with E-state index in [-0.39, 0.29) is 6.79 Å². The second kappa shape index (κ2) is 5.81. The van der Waals surface area contributed by atoms with Crippen LogP contribution < -0.4 is 35.5 Å². The number of aromatic amines is 2. The van der Waals surface area contributed by atoms with Crippen LogP contribution in [0.5, 0.6) is 17.2 Å². The lowest BCUT2D eigenvalue weighted by atomic mass is 10.2. The Morgan fingerprint density at radius 3 is 2.63 bits per heavy atom. The quantitative estimate of drug-likeness (QED) is 0.708. The van der Waals surface area contributed by atoms with E-state index < -0.39 is 0 Å². The summed E-state index contributed by atoms with van der Waals surface area (Å²) in [6, 6.07) is 7.97. The van der Waals surface area contributed by atoms with Crippen LogP contribution in [0.2, 0.25) is 0 Å². The predicted octanol–water partition coefficient (Wildman–Crippen LogP) is 0.748. The molecule has 5 rings (SSSR count). The topological polar surface area (TPSA) is 71.6 Å². The van der Waals surface area contributed by atoms with Gasteiger partial charge in [-0.05, 0) is 43.7 Å². The Morgan fingerprint density at radius 1 is 1.07 bits per heavy atom. The van der Waals surface area contributed by atoms with E-state index in [1.54, 1.807) is 7.11 Å². The number of fused-ring (bicyclic) bond motifs is 2. The second-order valence-corrected chi connectivity index (χ2v) is 6.76. The molecule has 0 bridgehead atoms. The summed E-state index contributed by atoms with van der Waals surface area (Å²) in [5.41, 5.74) is 4.24. The fraction of sp³-hybridized carbons (Fsp3) is 0.190. The molecule has 0 fully saturated rings. The van der Waals surface area contributed by atoms with Gasteiger partial charge in [-0.25, -0.2) is 4.99 Å². The number of nitrogens with zero attached hydrogens (tertiary/aromatic N) is 1. The number of aromatic nitrogens is 2. The zero-order chi connectivity index (χ0) is 18.5. The maximum Gasteiger partial charge on any atom is 0.231 e. The van der Waals surface area contributed by atoms with Crippen molar-refractivity contribution >= 4 is 17.8 Å². The Morgan fingerprint density at radius 2 is 1.89 bits per heavy atom. The van der Waals surface area contributed by atoms with E-state index in [2.05, 4.69) is 29.0 Å². The minimum Gasteiger partial charge on any atom is -0.494 e. The first kappa shape index (κ1) is 15.8. The molecule has 2 N–H and O–H groups in total. The molecule has 0 radical (unpaired) electrons. The van der Waals surface area contributed by atoms with E-state index in [0.717, 1.165) is 55.6 Å². The first-order chi connectivity index (χ1) is 13.1. The Balaban J connectivity index is 1.68. The monoisotopic (exact) mass is 361 g/mol. The highest BCUT2D eigenvalue weighted by atomic mass is 16.7. The number of H-pyrrole nitrogens is 2. The van der Waals surface area contributed by atoms with Crippen LogP contribution >= 0.6 is 0 Å². The molecule has 0 unspecified atom stereocenters.